The number of benzene rings is 3. The van der Waals surface area contributed by atoms with Crippen LogP contribution in [0.1, 0.15) is 22.3 Å². The molecule has 0 spiro atoms. The van der Waals surface area contributed by atoms with Crippen LogP contribution < -0.4 is 4.90 Å². The number of hydrogen-bond acceptors (Lipinski definition) is 2. The Hall–Kier alpha value is -2.93. The number of likely N-dealkylation sites (N-methyl/N-ethyl adjacent to an activating group) is 1. The van der Waals surface area contributed by atoms with Crippen LogP contribution in [0.3, 0.4) is 0 Å². The Bertz CT molecular complexity index is 1540. The molecule has 176 valence electrons. The average molecular weight is 565 g/mol. The van der Waals surface area contributed by atoms with Crippen molar-refractivity contribution in [3.05, 3.63) is 104 Å². The van der Waals surface area contributed by atoms with E-state index in [0.717, 1.165) is 42.8 Å². The van der Waals surface area contributed by atoms with E-state index in [2.05, 4.69) is 45.8 Å². The van der Waals surface area contributed by atoms with Crippen molar-refractivity contribution in [2.24, 2.45) is 0 Å². The van der Waals surface area contributed by atoms with Gasteiger partial charge in [-0.1, -0.05) is 51.8 Å². The molecule has 5 rings (SSSR count). The van der Waals surface area contributed by atoms with Crippen LogP contribution in [0, 0.1) is 13.8 Å². The maximum atomic E-state index is 13.6. The molecule has 4 aromatic rings. The summed E-state index contributed by atoms with van der Waals surface area (Å²) in [5, 5.41) is 2.23. The molecule has 0 bridgehead atoms. The molecule has 0 saturated carbocycles. The van der Waals surface area contributed by atoms with Gasteiger partial charge in [0.1, 0.15) is 5.70 Å². The zero-order valence-electron chi connectivity index (χ0n) is 19.5. The summed E-state index contributed by atoms with van der Waals surface area (Å²) in [5.74, 6) is -0.136. The van der Waals surface area contributed by atoms with Crippen molar-refractivity contribution in [2.45, 2.75) is 20.4 Å². The molecule has 3 aromatic carbocycles. The monoisotopic (exact) mass is 563 g/mol. The van der Waals surface area contributed by atoms with Crippen LogP contribution in [-0.2, 0) is 11.3 Å². The highest BCUT2D eigenvalue weighted by Gasteiger charge is 2.37. The van der Waals surface area contributed by atoms with Crippen LogP contribution >= 0.6 is 39.7 Å². The minimum Gasteiger partial charge on any atom is -0.342 e. The number of aromatic nitrogens is 1. The highest BCUT2D eigenvalue weighted by Crippen LogP contribution is 2.33. The first kappa shape index (κ1) is 23.8. The van der Waals surface area contributed by atoms with Crippen LogP contribution in [0.25, 0.3) is 17.0 Å². The molecule has 0 atom stereocenters. The number of carbonyl (C=O) groups is 1. The number of amides is 1. The van der Waals surface area contributed by atoms with Gasteiger partial charge in [-0.2, -0.15) is 0 Å². The molecule has 0 unspecified atom stereocenters. The second kappa shape index (κ2) is 9.26. The topological polar surface area (TPSA) is 28.5 Å². The number of hydrogen-bond donors (Lipinski definition) is 0. The molecule has 0 N–H and O–H groups in total. The van der Waals surface area contributed by atoms with Crippen molar-refractivity contribution in [1.82, 2.24) is 9.47 Å². The third kappa shape index (κ3) is 4.31. The smallest absolute Gasteiger partial charge is 0.281 e. The molecule has 2 heterocycles. The van der Waals surface area contributed by atoms with E-state index in [-0.39, 0.29) is 5.91 Å². The van der Waals surface area contributed by atoms with Gasteiger partial charge >= 0.3 is 0 Å². The number of fused-ring (bicyclic) bond motifs is 1. The Morgan fingerprint density at radius 2 is 1.80 bits per heavy atom. The van der Waals surface area contributed by atoms with Gasteiger partial charge < -0.3 is 9.47 Å². The Morgan fingerprint density at radius 3 is 2.54 bits per heavy atom. The summed E-state index contributed by atoms with van der Waals surface area (Å²) in [6, 6.07) is 20.0. The van der Waals surface area contributed by atoms with Crippen molar-refractivity contribution in [3.63, 3.8) is 0 Å². The minimum atomic E-state index is -0.136. The van der Waals surface area contributed by atoms with Crippen LogP contribution in [0.2, 0.25) is 5.02 Å². The lowest BCUT2D eigenvalue weighted by Crippen LogP contribution is -2.31. The number of rotatable bonds is 4. The van der Waals surface area contributed by atoms with Gasteiger partial charge in [0.2, 0.25) is 0 Å². The fourth-order valence-electron chi connectivity index (χ4n) is 4.35. The zero-order chi connectivity index (χ0) is 24.9. The summed E-state index contributed by atoms with van der Waals surface area (Å²) in [4.78, 5) is 17.0. The summed E-state index contributed by atoms with van der Waals surface area (Å²) in [5.41, 5.74) is 6.63. The first-order valence-electron chi connectivity index (χ1n) is 11.2. The molecule has 1 aliphatic heterocycles. The molecule has 7 heteroatoms. The summed E-state index contributed by atoms with van der Waals surface area (Å²) < 4.78 is 3.13. The largest absolute Gasteiger partial charge is 0.342 e. The molecule has 1 aromatic heterocycles. The quantitative estimate of drug-likeness (QED) is 0.192. The fourth-order valence-corrected chi connectivity index (χ4v) is 5.19. The summed E-state index contributed by atoms with van der Waals surface area (Å²) in [7, 11) is 1.84. The predicted octanol–water partition coefficient (Wildman–Crippen LogP) is 7.33. The molecule has 4 nitrogen and oxygen atoms in total. The first-order valence-corrected chi connectivity index (χ1v) is 12.8. The Labute approximate surface area is 223 Å². The molecule has 35 heavy (non-hydrogen) atoms. The van der Waals surface area contributed by atoms with Crippen molar-refractivity contribution in [3.8, 4) is 0 Å². The molecule has 0 radical (unpaired) electrons. The highest BCUT2D eigenvalue weighted by molar-refractivity contribution is 9.10. The van der Waals surface area contributed by atoms with Gasteiger partial charge in [0, 0.05) is 45.8 Å². The molecule has 1 fully saturated rings. The highest BCUT2D eigenvalue weighted by atomic mass is 79.9. The van der Waals surface area contributed by atoms with E-state index >= 15 is 0 Å². The van der Waals surface area contributed by atoms with Crippen LogP contribution in [-0.4, -0.2) is 27.5 Å². The molecular weight excluding hydrogens is 542 g/mol. The van der Waals surface area contributed by atoms with Gasteiger partial charge in [0.25, 0.3) is 5.91 Å². The number of anilines is 1. The summed E-state index contributed by atoms with van der Waals surface area (Å²) in [6.07, 6.45) is 3.99. The third-order valence-electron chi connectivity index (χ3n) is 6.48. The number of halogens is 2. The van der Waals surface area contributed by atoms with Crippen LogP contribution in [0.5, 0.6) is 0 Å². The average Bonchev–Trinajstić information content (AvgIpc) is 3.26. The van der Waals surface area contributed by atoms with E-state index in [0.29, 0.717) is 17.4 Å². The summed E-state index contributed by atoms with van der Waals surface area (Å²) in [6.45, 7) is 4.71. The van der Waals surface area contributed by atoms with Crippen LogP contribution in [0.4, 0.5) is 5.69 Å². The second-order valence-electron chi connectivity index (χ2n) is 8.75. The van der Waals surface area contributed by atoms with Crippen molar-refractivity contribution < 1.29 is 4.79 Å². The van der Waals surface area contributed by atoms with Gasteiger partial charge in [-0.3, -0.25) is 9.69 Å². The van der Waals surface area contributed by atoms with E-state index in [4.69, 9.17) is 23.8 Å². The lowest BCUT2D eigenvalue weighted by molar-refractivity contribution is -0.114. The van der Waals surface area contributed by atoms with E-state index in [1.165, 1.54) is 5.56 Å². The molecular formula is C28H23BrClN3OS. The maximum Gasteiger partial charge on any atom is 0.281 e. The normalized spacial score (nSPS) is 15.2. The van der Waals surface area contributed by atoms with Crippen molar-refractivity contribution in [2.75, 3.05) is 11.9 Å². The maximum absolute atomic E-state index is 13.6. The standard InChI is InChI=1S/C28H23BrClN3OS/c1-17-8-10-22(12-18(17)2)33-27(34)26(31(3)28(33)35)13-20-16-32(15-19-6-4-5-7-24(19)30)25-11-9-21(29)14-23(20)25/h4-14,16H,15H2,1-3H3/b26-13-. The van der Waals surface area contributed by atoms with Crippen molar-refractivity contribution >= 4 is 73.4 Å². The van der Waals surface area contributed by atoms with Gasteiger partial charge in [0.05, 0.1) is 5.69 Å². The second-order valence-corrected chi connectivity index (χ2v) is 10.4. The number of carbonyl (C=O) groups excluding carboxylic acids is 1. The van der Waals surface area contributed by atoms with E-state index in [1.807, 2.05) is 68.6 Å². The molecule has 1 amide bonds. The van der Waals surface area contributed by atoms with Crippen LogP contribution in [0.15, 0.2) is 77.0 Å². The minimum absolute atomic E-state index is 0.136. The van der Waals surface area contributed by atoms with Gasteiger partial charge in [-0.25, -0.2) is 0 Å². The first-order chi connectivity index (χ1) is 16.7. The SMILES string of the molecule is Cc1ccc(N2C(=O)/C(=C/c3cn(Cc4ccccc4Cl)c4ccc(Br)cc34)N(C)C2=S)cc1C. The van der Waals surface area contributed by atoms with E-state index in [1.54, 1.807) is 9.80 Å². The van der Waals surface area contributed by atoms with Gasteiger partial charge in [0.15, 0.2) is 5.11 Å². The lowest BCUT2D eigenvalue weighted by atomic mass is 10.1. The lowest BCUT2D eigenvalue weighted by Gasteiger charge is -2.17. The van der Waals surface area contributed by atoms with E-state index < -0.39 is 0 Å². The molecule has 1 saturated heterocycles. The van der Waals surface area contributed by atoms with Crippen molar-refractivity contribution in [1.29, 1.82) is 0 Å². The Balaban J connectivity index is 1.59. The van der Waals surface area contributed by atoms with E-state index in [9.17, 15) is 4.79 Å². The van der Waals surface area contributed by atoms with Gasteiger partial charge in [-0.15, -0.1) is 0 Å². The number of nitrogens with zero attached hydrogens (tertiary/aromatic N) is 3. The third-order valence-corrected chi connectivity index (χ3v) is 7.79. The predicted molar refractivity (Wildman–Crippen MR) is 152 cm³/mol. The Kier molecular flexibility index (Phi) is 6.30. The van der Waals surface area contributed by atoms with Gasteiger partial charge in [-0.05, 0) is 85.2 Å². The molecule has 0 aliphatic carbocycles. The zero-order valence-corrected chi connectivity index (χ0v) is 22.7. The number of aryl methyl sites for hydroxylation is 2. The molecule has 1 aliphatic rings. The Morgan fingerprint density at radius 1 is 1.03 bits per heavy atom. The summed E-state index contributed by atoms with van der Waals surface area (Å²) >= 11 is 15.7. The number of thiocarbonyl (C=S) groups is 1. The fraction of sp³-hybridized carbons (Fsp3) is 0.143.